The molecule has 0 spiro atoms. The van der Waals surface area contributed by atoms with Crippen LogP contribution in [-0.2, 0) is 11.1 Å². The van der Waals surface area contributed by atoms with E-state index in [-0.39, 0.29) is 28.8 Å². The van der Waals surface area contributed by atoms with E-state index in [9.17, 15) is 24.3 Å². The van der Waals surface area contributed by atoms with Gasteiger partial charge in [-0.15, -0.1) is 0 Å². The second-order valence-corrected chi connectivity index (χ2v) is 6.09. The molecule has 0 aliphatic carbocycles. The summed E-state index contributed by atoms with van der Waals surface area (Å²) in [7, 11) is -4.29. The Kier molecular flexibility index (Phi) is 4.24. The van der Waals surface area contributed by atoms with Crippen molar-refractivity contribution in [1.82, 2.24) is 15.3 Å². The molecule has 0 aliphatic heterocycles. The van der Waals surface area contributed by atoms with Gasteiger partial charge in [0, 0.05) is 18.7 Å². The highest BCUT2D eigenvalue weighted by Crippen LogP contribution is 2.32. The quantitative estimate of drug-likeness (QED) is 0.208. The smallest absolute Gasteiger partial charge is 0.324 e. The number of nitrogens with one attached hydrogen (secondary N) is 3. The first kappa shape index (κ1) is 16.0. The fraction of sp³-hybridized carbons (Fsp3) is 0.200. The van der Waals surface area contributed by atoms with Gasteiger partial charge < -0.3 is 25.1 Å². The molecule has 2 rings (SSSR count). The third-order valence-electron chi connectivity index (χ3n) is 2.74. The zero-order valence-electron chi connectivity index (χ0n) is 10.9. The molecule has 0 saturated carbocycles. The van der Waals surface area contributed by atoms with Gasteiger partial charge in [-0.3, -0.25) is 24.3 Å². The zero-order chi connectivity index (χ0) is 16.5. The summed E-state index contributed by atoms with van der Waals surface area (Å²) in [6.07, 6.45) is -0.634. The van der Waals surface area contributed by atoms with Gasteiger partial charge in [-0.2, -0.15) is 0 Å². The monoisotopic (exact) mass is 330 g/mol. The molecule has 1 aromatic heterocycles. The molecule has 2 aromatic rings. The predicted molar refractivity (Wildman–Crippen MR) is 75.6 cm³/mol. The Morgan fingerprint density at radius 3 is 2.45 bits per heavy atom. The minimum Gasteiger partial charge on any atom is -0.324 e. The third-order valence-corrected chi connectivity index (χ3v) is 3.38. The van der Waals surface area contributed by atoms with Crippen LogP contribution in [0, 0.1) is 10.1 Å². The van der Waals surface area contributed by atoms with Gasteiger partial charge in [0.25, 0.3) is 5.69 Å². The lowest BCUT2D eigenvalue weighted by molar-refractivity contribution is -0.384. The van der Waals surface area contributed by atoms with Gasteiger partial charge in [-0.05, 0) is 5.56 Å². The second-order valence-electron chi connectivity index (χ2n) is 4.44. The topological polar surface area (TPSA) is 178 Å². The maximum Gasteiger partial charge on any atom is 0.339 e. The highest BCUT2D eigenvalue weighted by molar-refractivity contribution is 7.51. The molecule has 5 N–H and O–H groups in total. The number of nitrogens with zero attached hydrogens (tertiary/aromatic N) is 1. The Balaban J connectivity index is 2.52. The number of non-ortho nitro benzene ring substituents is 1. The molecule has 22 heavy (non-hydrogen) atoms. The molecular formula is C10H11N4O7P. The van der Waals surface area contributed by atoms with Crippen molar-refractivity contribution < 1.29 is 19.3 Å². The van der Waals surface area contributed by atoms with Gasteiger partial charge >= 0.3 is 18.7 Å². The summed E-state index contributed by atoms with van der Waals surface area (Å²) >= 11 is 0. The van der Waals surface area contributed by atoms with Crippen LogP contribution in [0.15, 0.2) is 21.7 Å². The minimum atomic E-state index is -4.29. The first-order valence-electron chi connectivity index (χ1n) is 5.86. The van der Waals surface area contributed by atoms with E-state index in [0.717, 1.165) is 12.1 Å². The van der Waals surface area contributed by atoms with Crippen LogP contribution in [0.4, 0.5) is 5.69 Å². The van der Waals surface area contributed by atoms with Crippen LogP contribution in [0.2, 0.25) is 0 Å². The lowest BCUT2D eigenvalue weighted by Crippen LogP contribution is -2.29. The molecular weight excluding hydrogens is 319 g/mol. The number of nitro benzene ring substituents is 1. The number of rotatable bonds is 5. The molecule has 11 nitrogen and oxygen atoms in total. The molecule has 0 radical (unpaired) electrons. The Hall–Kier alpha value is -2.33. The average Bonchev–Trinajstić information content (AvgIpc) is 2.38. The molecule has 0 fully saturated rings. The Morgan fingerprint density at radius 1 is 1.23 bits per heavy atom. The van der Waals surface area contributed by atoms with Gasteiger partial charge in [0.2, 0.25) is 0 Å². The average molecular weight is 330 g/mol. The lowest BCUT2D eigenvalue weighted by Gasteiger charge is -2.09. The van der Waals surface area contributed by atoms with Gasteiger partial charge in [0.1, 0.15) is 0 Å². The number of aromatic amines is 2. The molecule has 0 aliphatic rings. The van der Waals surface area contributed by atoms with Crippen LogP contribution >= 0.6 is 7.60 Å². The molecule has 0 unspecified atom stereocenters. The predicted octanol–water partition coefficient (Wildman–Crippen LogP) is -0.651. The number of hydrogen-bond acceptors (Lipinski definition) is 6. The summed E-state index contributed by atoms with van der Waals surface area (Å²) < 4.78 is 10.8. The summed E-state index contributed by atoms with van der Waals surface area (Å²) in [6, 6.07) is 2.22. The van der Waals surface area contributed by atoms with Gasteiger partial charge in [-0.25, -0.2) is 0 Å². The Labute approximate surface area is 121 Å². The van der Waals surface area contributed by atoms with E-state index in [0.29, 0.717) is 0 Å². The number of nitro groups is 1. The van der Waals surface area contributed by atoms with Gasteiger partial charge in [0.05, 0.1) is 22.2 Å². The van der Waals surface area contributed by atoms with E-state index in [2.05, 4.69) is 15.3 Å². The van der Waals surface area contributed by atoms with Crippen molar-refractivity contribution in [2.45, 2.75) is 6.54 Å². The first-order valence-corrected chi connectivity index (χ1v) is 7.66. The third kappa shape index (κ3) is 3.65. The van der Waals surface area contributed by atoms with E-state index >= 15 is 0 Å². The summed E-state index contributed by atoms with van der Waals surface area (Å²) in [5, 5.41) is 13.3. The van der Waals surface area contributed by atoms with Crippen LogP contribution in [0.25, 0.3) is 11.0 Å². The SMILES string of the molecule is O=c1[nH]c2cc([N+](=O)[O-])cc(CNCP(=O)(O)O)c2[nH]c1=O. The van der Waals surface area contributed by atoms with E-state index < -0.39 is 29.9 Å². The van der Waals surface area contributed by atoms with Crippen molar-refractivity contribution in [2.24, 2.45) is 0 Å². The molecule has 0 atom stereocenters. The van der Waals surface area contributed by atoms with Crippen LogP contribution < -0.4 is 16.4 Å². The van der Waals surface area contributed by atoms with Crippen LogP contribution in [0.3, 0.4) is 0 Å². The van der Waals surface area contributed by atoms with Crippen LogP contribution in [0.5, 0.6) is 0 Å². The molecule has 0 amide bonds. The van der Waals surface area contributed by atoms with Gasteiger partial charge in [-0.1, -0.05) is 0 Å². The van der Waals surface area contributed by atoms with Gasteiger partial charge in [0.15, 0.2) is 0 Å². The summed E-state index contributed by atoms with van der Waals surface area (Å²) in [6.45, 7) is -0.148. The Morgan fingerprint density at radius 2 is 1.86 bits per heavy atom. The maximum absolute atomic E-state index is 11.4. The molecule has 0 saturated heterocycles. The molecule has 1 heterocycles. The van der Waals surface area contributed by atoms with Crippen molar-refractivity contribution >= 4 is 24.3 Å². The van der Waals surface area contributed by atoms with E-state index in [1.165, 1.54) is 0 Å². The zero-order valence-corrected chi connectivity index (χ0v) is 11.8. The summed E-state index contributed by atoms with van der Waals surface area (Å²) in [4.78, 5) is 54.9. The normalized spacial score (nSPS) is 11.7. The molecule has 12 heteroatoms. The Bertz CT molecular complexity index is 896. The highest BCUT2D eigenvalue weighted by atomic mass is 31.2. The summed E-state index contributed by atoms with van der Waals surface area (Å²) in [5.74, 6) is 0. The number of aromatic nitrogens is 2. The lowest BCUT2D eigenvalue weighted by atomic mass is 10.1. The molecule has 0 bridgehead atoms. The van der Waals surface area contributed by atoms with Crippen LogP contribution in [0.1, 0.15) is 5.56 Å². The number of H-pyrrole nitrogens is 2. The number of hydrogen-bond donors (Lipinski definition) is 5. The molecule has 118 valence electrons. The van der Waals surface area contributed by atoms with Crippen LogP contribution in [-0.4, -0.2) is 31.0 Å². The number of benzene rings is 1. The van der Waals surface area contributed by atoms with Crippen molar-refractivity contribution in [3.8, 4) is 0 Å². The minimum absolute atomic E-state index is 0.0479. The fourth-order valence-corrected chi connectivity index (χ4v) is 2.27. The van der Waals surface area contributed by atoms with E-state index in [1.54, 1.807) is 0 Å². The van der Waals surface area contributed by atoms with Crippen molar-refractivity contribution in [3.63, 3.8) is 0 Å². The summed E-state index contributed by atoms with van der Waals surface area (Å²) in [5.41, 5.74) is -1.81. The van der Waals surface area contributed by atoms with Crippen molar-refractivity contribution in [1.29, 1.82) is 0 Å². The fourth-order valence-electron chi connectivity index (χ4n) is 1.86. The largest absolute Gasteiger partial charge is 0.339 e. The van der Waals surface area contributed by atoms with E-state index in [1.807, 2.05) is 0 Å². The first-order chi connectivity index (χ1) is 10.2. The standard InChI is InChI=1S/C10H11N4O7P/c15-9-10(16)13-8-5(3-11-4-22(19,20)21)1-6(14(17)18)2-7(8)12-9/h1-2,11H,3-4H2,(H,12,15)(H,13,16)(H2,19,20,21). The number of fused-ring (bicyclic) bond motifs is 1. The maximum atomic E-state index is 11.4. The van der Waals surface area contributed by atoms with Crippen molar-refractivity contribution in [3.05, 3.63) is 48.5 Å². The highest BCUT2D eigenvalue weighted by Gasteiger charge is 2.16. The molecule has 1 aromatic carbocycles. The van der Waals surface area contributed by atoms with E-state index in [4.69, 9.17) is 9.79 Å². The van der Waals surface area contributed by atoms with Crippen molar-refractivity contribution in [2.75, 3.05) is 6.29 Å². The second kappa shape index (κ2) is 5.81.